The highest BCUT2D eigenvalue weighted by atomic mass is 16.3. The topological polar surface area (TPSA) is 78.6 Å². The highest BCUT2D eigenvalue weighted by Gasteiger charge is 2.27. The van der Waals surface area contributed by atoms with E-state index < -0.39 is 18.1 Å². The quantitative estimate of drug-likeness (QED) is 0.590. The number of benzene rings is 1. The Kier molecular flexibility index (Phi) is 8.39. The monoisotopic (exact) mass is 361 g/mol. The van der Waals surface area contributed by atoms with E-state index in [2.05, 4.69) is 19.3 Å². The first kappa shape index (κ1) is 20.7. The van der Waals surface area contributed by atoms with E-state index in [4.69, 9.17) is 5.73 Å². The SMILES string of the molecule is CC(C)CCN(NC(=O)C(O)C(N)CC1CCCCC1)c1ccccc1. The van der Waals surface area contributed by atoms with E-state index in [1.54, 1.807) is 0 Å². The molecule has 1 aliphatic carbocycles. The fraction of sp³-hybridized carbons (Fsp3) is 0.667. The fourth-order valence-corrected chi connectivity index (χ4v) is 3.58. The number of anilines is 1. The minimum atomic E-state index is -1.18. The van der Waals surface area contributed by atoms with Gasteiger partial charge in [0.25, 0.3) is 5.91 Å². The van der Waals surface area contributed by atoms with Gasteiger partial charge in [-0.3, -0.25) is 15.2 Å². The largest absolute Gasteiger partial charge is 0.382 e. The van der Waals surface area contributed by atoms with E-state index in [1.165, 1.54) is 19.3 Å². The second-order valence-corrected chi connectivity index (χ2v) is 7.99. The molecule has 0 bridgehead atoms. The van der Waals surface area contributed by atoms with E-state index in [-0.39, 0.29) is 0 Å². The summed E-state index contributed by atoms with van der Waals surface area (Å²) in [7, 11) is 0. The summed E-state index contributed by atoms with van der Waals surface area (Å²) in [6.45, 7) is 5.00. The van der Waals surface area contributed by atoms with Crippen molar-refractivity contribution >= 4 is 11.6 Å². The zero-order chi connectivity index (χ0) is 18.9. The van der Waals surface area contributed by atoms with Crippen LogP contribution in [0.25, 0.3) is 0 Å². The van der Waals surface area contributed by atoms with Crippen LogP contribution in [0.5, 0.6) is 0 Å². The zero-order valence-corrected chi connectivity index (χ0v) is 16.2. The van der Waals surface area contributed by atoms with Crippen molar-refractivity contribution < 1.29 is 9.90 Å². The third-order valence-electron chi connectivity index (χ3n) is 5.25. The molecule has 146 valence electrons. The van der Waals surface area contributed by atoms with Crippen LogP contribution in [0.3, 0.4) is 0 Å². The first-order chi connectivity index (χ1) is 12.5. The Hall–Kier alpha value is -1.59. The lowest BCUT2D eigenvalue weighted by Gasteiger charge is -2.30. The van der Waals surface area contributed by atoms with Crippen LogP contribution >= 0.6 is 0 Å². The van der Waals surface area contributed by atoms with E-state index in [0.29, 0.717) is 24.8 Å². The van der Waals surface area contributed by atoms with Crippen molar-refractivity contribution in [1.82, 2.24) is 5.43 Å². The Balaban J connectivity index is 1.93. The lowest BCUT2D eigenvalue weighted by molar-refractivity contribution is -0.130. The Morgan fingerprint density at radius 1 is 1.23 bits per heavy atom. The molecule has 1 saturated carbocycles. The summed E-state index contributed by atoms with van der Waals surface area (Å²) in [4.78, 5) is 12.6. The van der Waals surface area contributed by atoms with Gasteiger partial charge in [-0.15, -0.1) is 0 Å². The summed E-state index contributed by atoms with van der Waals surface area (Å²) in [6.07, 6.45) is 6.55. The number of aliphatic hydroxyl groups is 1. The van der Waals surface area contributed by atoms with Crippen LogP contribution in [0.15, 0.2) is 30.3 Å². The van der Waals surface area contributed by atoms with E-state index in [1.807, 2.05) is 35.3 Å². The Morgan fingerprint density at radius 2 is 1.88 bits per heavy atom. The molecule has 4 N–H and O–H groups in total. The molecular weight excluding hydrogens is 326 g/mol. The number of rotatable bonds is 9. The van der Waals surface area contributed by atoms with Gasteiger partial charge < -0.3 is 10.8 Å². The lowest BCUT2D eigenvalue weighted by atomic mass is 9.84. The number of nitrogens with two attached hydrogens (primary N) is 1. The highest BCUT2D eigenvalue weighted by Crippen LogP contribution is 2.27. The van der Waals surface area contributed by atoms with Crippen LogP contribution in [0.2, 0.25) is 0 Å². The van der Waals surface area contributed by atoms with Crippen LogP contribution < -0.4 is 16.2 Å². The summed E-state index contributed by atoms with van der Waals surface area (Å²) in [5, 5.41) is 12.2. The van der Waals surface area contributed by atoms with Crippen molar-refractivity contribution in [2.24, 2.45) is 17.6 Å². The summed E-state index contributed by atoms with van der Waals surface area (Å²) in [5.74, 6) is 0.643. The van der Waals surface area contributed by atoms with Gasteiger partial charge in [0.15, 0.2) is 0 Å². The first-order valence-corrected chi connectivity index (χ1v) is 10.0. The molecule has 0 aromatic heterocycles. The van der Waals surface area contributed by atoms with E-state index >= 15 is 0 Å². The summed E-state index contributed by atoms with van der Waals surface area (Å²) in [5.41, 5.74) is 9.94. The minimum absolute atomic E-state index is 0.416. The van der Waals surface area contributed by atoms with Gasteiger partial charge in [0, 0.05) is 12.6 Å². The average Bonchev–Trinajstić information content (AvgIpc) is 2.65. The summed E-state index contributed by atoms with van der Waals surface area (Å²) in [6, 6.07) is 9.22. The number of carbonyl (C=O) groups is 1. The molecule has 0 heterocycles. The molecule has 2 atom stereocenters. The number of amides is 1. The second-order valence-electron chi connectivity index (χ2n) is 7.99. The maximum Gasteiger partial charge on any atom is 0.268 e. The predicted molar refractivity (Wildman–Crippen MR) is 107 cm³/mol. The third kappa shape index (κ3) is 6.61. The van der Waals surface area contributed by atoms with Gasteiger partial charge in [-0.25, -0.2) is 0 Å². The van der Waals surface area contributed by atoms with Crippen LogP contribution in [-0.2, 0) is 4.79 Å². The van der Waals surface area contributed by atoms with Gasteiger partial charge in [-0.05, 0) is 36.8 Å². The molecule has 1 amide bonds. The maximum atomic E-state index is 12.6. The van der Waals surface area contributed by atoms with Crippen LogP contribution in [0, 0.1) is 11.8 Å². The molecule has 0 spiro atoms. The van der Waals surface area contributed by atoms with E-state index in [9.17, 15) is 9.90 Å². The first-order valence-electron chi connectivity index (χ1n) is 10.0. The number of nitrogens with zero attached hydrogens (tertiary/aromatic N) is 1. The van der Waals surface area contributed by atoms with Crippen molar-refractivity contribution in [3.8, 4) is 0 Å². The fourth-order valence-electron chi connectivity index (χ4n) is 3.58. The van der Waals surface area contributed by atoms with Crippen LogP contribution in [0.1, 0.15) is 58.8 Å². The molecule has 1 aromatic rings. The molecule has 1 aromatic carbocycles. The lowest BCUT2D eigenvalue weighted by Crippen LogP contribution is -2.53. The molecule has 0 radical (unpaired) electrons. The van der Waals surface area contributed by atoms with Gasteiger partial charge >= 0.3 is 0 Å². The molecule has 1 fully saturated rings. The summed E-state index contributed by atoms with van der Waals surface area (Å²) < 4.78 is 0. The molecule has 0 aliphatic heterocycles. The molecule has 0 saturated heterocycles. The average molecular weight is 362 g/mol. The number of nitrogens with one attached hydrogen (secondary N) is 1. The van der Waals surface area contributed by atoms with Crippen molar-refractivity contribution in [3.05, 3.63) is 30.3 Å². The smallest absolute Gasteiger partial charge is 0.268 e. The third-order valence-corrected chi connectivity index (χ3v) is 5.25. The van der Waals surface area contributed by atoms with Crippen molar-refractivity contribution in [1.29, 1.82) is 0 Å². The number of hydrazine groups is 1. The molecule has 5 heteroatoms. The Bertz CT molecular complexity index is 529. The molecular formula is C21H35N3O2. The standard InChI is InChI=1S/C21H35N3O2/c1-16(2)13-14-24(18-11-7-4-8-12-18)23-21(26)20(25)19(22)15-17-9-5-3-6-10-17/h4,7-8,11-12,16-17,19-20,25H,3,5-6,9-10,13-15,22H2,1-2H3,(H,23,26). The predicted octanol–water partition coefficient (Wildman–Crippen LogP) is 3.23. The van der Waals surface area contributed by atoms with Crippen molar-refractivity contribution in [2.75, 3.05) is 11.6 Å². The van der Waals surface area contributed by atoms with Gasteiger partial charge in [-0.1, -0.05) is 64.2 Å². The number of hydrogen-bond acceptors (Lipinski definition) is 4. The normalized spacial score (nSPS) is 17.7. The van der Waals surface area contributed by atoms with Gasteiger partial charge in [0.05, 0.1) is 5.69 Å². The molecule has 1 aliphatic rings. The number of carbonyl (C=O) groups excluding carboxylic acids is 1. The van der Waals surface area contributed by atoms with E-state index in [0.717, 1.165) is 24.9 Å². The molecule has 26 heavy (non-hydrogen) atoms. The number of para-hydroxylation sites is 1. The van der Waals surface area contributed by atoms with Crippen LogP contribution in [-0.4, -0.2) is 29.7 Å². The van der Waals surface area contributed by atoms with Crippen molar-refractivity contribution in [3.63, 3.8) is 0 Å². The minimum Gasteiger partial charge on any atom is -0.382 e. The summed E-state index contributed by atoms with van der Waals surface area (Å²) >= 11 is 0. The van der Waals surface area contributed by atoms with Gasteiger partial charge in [0.2, 0.25) is 0 Å². The zero-order valence-electron chi connectivity index (χ0n) is 16.2. The van der Waals surface area contributed by atoms with Crippen LogP contribution in [0.4, 0.5) is 5.69 Å². The number of hydrogen-bond donors (Lipinski definition) is 3. The molecule has 2 rings (SSSR count). The van der Waals surface area contributed by atoms with Crippen molar-refractivity contribution in [2.45, 2.75) is 70.9 Å². The second kappa shape index (κ2) is 10.5. The van der Waals surface area contributed by atoms with Gasteiger partial charge in [0.1, 0.15) is 6.10 Å². The Morgan fingerprint density at radius 3 is 2.50 bits per heavy atom. The number of aliphatic hydroxyl groups excluding tert-OH is 1. The Labute approximate surface area is 157 Å². The highest BCUT2D eigenvalue weighted by molar-refractivity contribution is 5.82. The molecule has 2 unspecified atom stereocenters. The maximum absolute atomic E-state index is 12.6. The van der Waals surface area contributed by atoms with Gasteiger partial charge in [-0.2, -0.15) is 0 Å². The molecule has 5 nitrogen and oxygen atoms in total.